The normalized spacial score (nSPS) is 15.2. The number of aliphatic hydroxyl groups is 1. The van der Waals surface area contributed by atoms with E-state index in [1.165, 1.54) is 0 Å². The summed E-state index contributed by atoms with van der Waals surface area (Å²) in [4.78, 5) is 0. The summed E-state index contributed by atoms with van der Waals surface area (Å²) in [6.07, 6.45) is -4.89. The first-order valence-corrected chi connectivity index (χ1v) is 5.06. The number of nitrogens with zero attached hydrogens (tertiary/aromatic N) is 1. The van der Waals surface area contributed by atoms with Crippen LogP contribution in [0.2, 0.25) is 10.0 Å². The lowest BCUT2D eigenvalue weighted by Crippen LogP contribution is -2.39. The van der Waals surface area contributed by atoms with Crippen molar-refractivity contribution in [3.63, 3.8) is 0 Å². The van der Waals surface area contributed by atoms with Crippen molar-refractivity contribution < 1.29 is 18.3 Å². The lowest BCUT2D eigenvalue weighted by Gasteiger charge is -2.27. The maximum absolute atomic E-state index is 12.6. The molecule has 0 heterocycles. The van der Waals surface area contributed by atoms with Crippen LogP contribution in [0, 0.1) is 11.3 Å². The molecule has 0 fully saturated rings. The minimum absolute atomic E-state index is 0.0570. The van der Waals surface area contributed by atoms with Crippen LogP contribution in [0.1, 0.15) is 18.1 Å². The van der Waals surface area contributed by atoms with Crippen LogP contribution in [0.3, 0.4) is 0 Å². The Morgan fingerprint density at radius 1 is 1.24 bits per heavy atom. The number of rotatable bonds is 1. The molecule has 0 spiro atoms. The minimum Gasteiger partial charge on any atom is -0.376 e. The molecular formula is C10H6Cl2F3NO. The third-order valence-electron chi connectivity index (χ3n) is 2.28. The first kappa shape index (κ1) is 14.1. The molecule has 1 N–H and O–H groups in total. The molecule has 1 rings (SSSR count). The summed E-state index contributed by atoms with van der Waals surface area (Å²) in [6, 6.07) is 3.68. The molecule has 0 aromatic heterocycles. The van der Waals surface area contributed by atoms with Crippen LogP contribution < -0.4 is 0 Å². The van der Waals surface area contributed by atoms with E-state index in [0.717, 1.165) is 12.1 Å². The Morgan fingerprint density at radius 2 is 1.76 bits per heavy atom. The van der Waals surface area contributed by atoms with Crippen molar-refractivity contribution in [1.29, 1.82) is 5.26 Å². The maximum Gasteiger partial charge on any atom is 0.421 e. The number of hydrogen-bond acceptors (Lipinski definition) is 2. The van der Waals surface area contributed by atoms with Gasteiger partial charge in [0.15, 0.2) is 5.60 Å². The van der Waals surface area contributed by atoms with Crippen LogP contribution in [0.4, 0.5) is 13.2 Å². The van der Waals surface area contributed by atoms with E-state index in [0.29, 0.717) is 6.92 Å². The Kier molecular flexibility index (Phi) is 3.63. The summed E-state index contributed by atoms with van der Waals surface area (Å²) < 4.78 is 37.8. The van der Waals surface area contributed by atoms with Gasteiger partial charge in [-0.05, 0) is 13.0 Å². The maximum atomic E-state index is 12.6. The highest BCUT2D eigenvalue weighted by Gasteiger charge is 2.52. The van der Waals surface area contributed by atoms with Crippen molar-refractivity contribution in [2.75, 3.05) is 0 Å². The van der Waals surface area contributed by atoms with Gasteiger partial charge >= 0.3 is 6.18 Å². The Balaban J connectivity index is 3.46. The van der Waals surface area contributed by atoms with E-state index in [-0.39, 0.29) is 10.6 Å². The van der Waals surface area contributed by atoms with Crippen molar-refractivity contribution in [1.82, 2.24) is 0 Å². The summed E-state index contributed by atoms with van der Waals surface area (Å²) in [6.45, 7) is 0.566. The molecule has 2 nitrogen and oxygen atoms in total. The van der Waals surface area contributed by atoms with E-state index in [2.05, 4.69) is 0 Å². The van der Waals surface area contributed by atoms with E-state index < -0.39 is 22.4 Å². The van der Waals surface area contributed by atoms with Crippen molar-refractivity contribution in [2.45, 2.75) is 18.7 Å². The molecule has 1 aromatic rings. The molecule has 17 heavy (non-hydrogen) atoms. The molecule has 7 heteroatoms. The molecule has 0 radical (unpaired) electrons. The van der Waals surface area contributed by atoms with Crippen molar-refractivity contribution in [2.24, 2.45) is 0 Å². The highest BCUT2D eigenvalue weighted by atomic mass is 35.5. The first-order valence-electron chi connectivity index (χ1n) is 4.30. The minimum atomic E-state index is -4.89. The Bertz CT molecular complexity index is 492. The zero-order chi connectivity index (χ0) is 13.4. The van der Waals surface area contributed by atoms with Crippen LogP contribution in [0.25, 0.3) is 0 Å². The zero-order valence-electron chi connectivity index (χ0n) is 8.44. The second kappa shape index (κ2) is 4.37. The van der Waals surface area contributed by atoms with Crippen LogP contribution in [0.5, 0.6) is 0 Å². The largest absolute Gasteiger partial charge is 0.421 e. The predicted octanol–water partition coefficient (Wildman–Crippen LogP) is 3.63. The SMILES string of the molecule is CC(O)(c1ccc(C#N)c(Cl)c1Cl)C(F)(F)F. The highest BCUT2D eigenvalue weighted by Crippen LogP contribution is 2.43. The topological polar surface area (TPSA) is 44.0 Å². The molecule has 0 saturated carbocycles. The van der Waals surface area contributed by atoms with Gasteiger partial charge in [0.25, 0.3) is 0 Å². The van der Waals surface area contributed by atoms with Crippen LogP contribution in [-0.4, -0.2) is 11.3 Å². The fourth-order valence-corrected chi connectivity index (χ4v) is 1.72. The third kappa shape index (κ3) is 2.34. The van der Waals surface area contributed by atoms with E-state index in [1.54, 1.807) is 6.07 Å². The van der Waals surface area contributed by atoms with Gasteiger partial charge < -0.3 is 5.11 Å². The fraction of sp³-hybridized carbons (Fsp3) is 0.300. The van der Waals surface area contributed by atoms with E-state index in [4.69, 9.17) is 28.5 Å². The zero-order valence-corrected chi connectivity index (χ0v) is 9.95. The van der Waals surface area contributed by atoms with Gasteiger partial charge in [-0.15, -0.1) is 0 Å². The Hall–Kier alpha value is -0.960. The summed E-state index contributed by atoms with van der Waals surface area (Å²) in [5.74, 6) is 0. The molecule has 0 aliphatic rings. The van der Waals surface area contributed by atoms with Crippen LogP contribution >= 0.6 is 23.2 Å². The molecular weight excluding hydrogens is 278 g/mol. The molecule has 0 bridgehead atoms. The van der Waals surface area contributed by atoms with Gasteiger partial charge in [0.05, 0.1) is 15.6 Å². The standard InChI is InChI=1S/C10H6Cl2F3NO/c1-9(17,10(13,14)15)6-3-2-5(4-16)7(11)8(6)12/h2-3,17H,1H3. The van der Waals surface area contributed by atoms with Crippen molar-refractivity contribution in [3.05, 3.63) is 33.3 Å². The van der Waals surface area contributed by atoms with Crippen LogP contribution in [-0.2, 0) is 5.60 Å². The summed E-state index contributed by atoms with van der Waals surface area (Å²) >= 11 is 11.2. The molecule has 1 atom stereocenters. The molecule has 0 saturated heterocycles. The average molecular weight is 284 g/mol. The van der Waals surface area contributed by atoms with Gasteiger partial charge in [0.1, 0.15) is 6.07 Å². The van der Waals surface area contributed by atoms with Crippen molar-refractivity contribution in [3.8, 4) is 6.07 Å². The summed E-state index contributed by atoms with van der Waals surface area (Å²) in [5, 5.41) is 17.3. The summed E-state index contributed by atoms with van der Waals surface area (Å²) in [7, 11) is 0. The number of nitriles is 1. The van der Waals surface area contributed by atoms with Crippen molar-refractivity contribution >= 4 is 23.2 Å². The Morgan fingerprint density at radius 3 is 2.18 bits per heavy atom. The Labute approximate surface area is 105 Å². The van der Waals surface area contributed by atoms with E-state index in [1.807, 2.05) is 0 Å². The first-order chi connectivity index (χ1) is 7.63. The fourth-order valence-electron chi connectivity index (χ4n) is 1.16. The molecule has 0 aliphatic carbocycles. The van der Waals surface area contributed by atoms with Gasteiger partial charge in [-0.25, -0.2) is 0 Å². The molecule has 1 unspecified atom stereocenters. The van der Waals surface area contributed by atoms with Gasteiger partial charge in [0.2, 0.25) is 0 Å². The molecule has 0 amide bonds. The van der Waals surface area contributed by atoms with Gasteiger partial charge in [-0.2, -0.15) is 18.4 Å². The highest BCUT2D eigenvalue weighted by molar-refractivity contribution is 6.43. The lowest BCUT2D eigenvalue weighted by atomic mass is 9.94. The predicted molar refractivity (Wildman–Crippen MR) is 56.8 cm³/mol. The quantitative estimate of drug-likeness (QED) is 0.855. The van der Waals surface area contributed by atoms with Crippen LogP contribution in [0.15, 0.2) is 12.1 Å². The smallest absolute Gasteiger partial charge is 0.376 e. The molecule has 0 aliphatic heterocycles. The number of hydrogen-bond donors (Lipinski definition) is 1. The lowest BCUT2D eigenvalue weighted by molar-refractivity contribution is -0.258. The second-order valence-electron chi connectivity index (χ2n) is 3.47. The number of halogens is 5. The number of benzene rings is 1. The van der Waals surface area contributed by atoms with E-state index in [9.17, 15) is 18.3 Å². The van der Waals surface area contributed by atoms with Gasteiger partial charge in [-0.3, -0.25) is 0 Å². The summed E-state index contributed by atoms with van der Waals surface area (Å²) in [5.41, 5.74) is -3.77. The van der Waals surface area contributed by atoms with Gasteiger partial charge in [0, 0.05) is 5.56 Å². The van der Waals surface area contributed by atoms with Gasteiger partial charge in [-0.1, -0.05) is 29.3 Å². The second-order valence-corrected chi connectivity index (χ2v) is 4.23. The number of alkyl halides is 3. The molecule has 92 valence electrons. The average Bonchev–Trinajstić information content (AvgIpc) is 2.20. The molecule has 1 aromatic carbocycles. The van der Waals surface area contributed by atoms with E-state index >= 15 is 0 Å². The third-order valence-corrected chi connectivity index (χ3v) is 3.16. The monoisotopic (exact) mass is 283 g/mol.